The quantitative estimate of drug-likeness (QED) is 0.240. The summed E-state index contributed by atoms with van der Waals surface area (Å²) in [5.74, 6) is -0.175. The van der Waals surface area contributed by atoms with Gasteiger partial charge in [-0.05, 0) is 30.2 Å². The number of hydrogen-bond donors (Lipinski definition) is 1. The van der Waals surface area contributed by atoms with Crippen LogP contribution in [0.3, 0.4) is 0 Å². The van der Waals surface area contributed by atoms with Crippen LogP contribution in [0.1, 0.15) is 37.3 Å². The third-order valence-electron chi connectivity index (χ3n) is 5.73. The number of thioether (sulfide) groups is 1. The number of amides is 2. The maximum atomic E-state index is 14.6. The molecule has 3 aromatic carbocycles. The van der Waals surface area contributed by atoms with Gasteiger partial charge in [0.2, 0.25) is 11.8 Å². The van der Waals surface area contributed by atoms with E-state index >= 15 is 0 Å². The summed E-state index contributed by atoms with van der Waals surface area (Å²) in [4.78, 5) is 29.5. The smallest absolute Gasteiger partial charge is 0.243 e. The SMILES string of the molecule is CCCCNC(=O)[C@H](Cc1ccccc1)N(Cc1ccccc1F)C(=O)CCSc1ccccc1. The first-order valence-electron chi connectivity index (χ1n) is 12.1. The van der Waals surface area contributed by atoms with Crippen molar-refractivity contribution in [3.8, 4) is 0 Å². The largest absolute Gasteiger partial charge is 0.354 e. The minimum atomic E-state index is -0.733. The molecule has 0 aliphatic heterocycles. The lowest BCUT2D eigenvalue weighted by molar-refractivity contribution is -0.141. The molecule has 0 aromatic heterocycles. The lowest BCUT2D eigenvalue weighted by Gasteiger charge is -2.31. The summed E-state index contributed by atoms with van der Waals surface area (Å²) in [7, 11) is 0. The van der Waals surface area contributed by atoms with Crippen molar-refractivity contribution in [2.45, 2.75) is 50.1 Å². The lowest BCUT2D eigenvalue weighted by atomic mass is 10.0. The van der Waals surface area contributed by atoms with Gasteiger partial charge in [0, 0.05) is 42.1 Å². The molecule has 0 unspecified atom stereocenters. The summed E-state index contributed by atoms with van der Waals surface area (Å²) < 4.78 is 14.6. The van der Waals surface area contributed by atoms with E-state index in [0.29, 0.717) is 24.3 Å². The molecule has 0 aliphatic rings. The molecule has 0 bridgehead atoms. The fraction of sp³-hybridized carbons (Fsp3) is 0.310. The van der Waals surface area contributed by atoms with Gasteiger partial charge in [-0.25, -0.2) is 4.39 Å². The summed E-state index contributed by atoms with van der Waals surface area (Å²) >= 11 is 1.59. The fourth-order valence-electron chi connectivity index (χ4n) is 3.79. The molecule has 184 valence electrons. The third kappa shape index (κ3) is 8.55. The Morgan fingerprint density at radius 2 is 1.60 bits per heavy atom. The molecule has 6 heteroatoms. The van der Waals surface area contributed by atoms with Gasteiger partial charge in [0.1, 0.15) is 11.9 Å². The lowest BCUT2D eigenvalue weighted by Crippen LogP contribution is -2.50. The molecule has 0 radical (unpaired) electrons. The van der Waals surface area contributed by atoms with Gasteiger partial charge in [-0.3, -0.25) is 9.59 Å². The van der Waals surface area contributed by atoms with Crippen molar-refractivity contribution in [2.75, 3.05) is 12.3 Å². The Morgan fingerprint density at radius 3 is 2.29 bits per heavy atom. The molecule has 1 atom stereocenters. The first kappa shape index (κ1) is 26.5. The van der Waals surface area contributed by atoms with Gasteiger partial charge in [0.15, 0.2) is 0 Å². The van der Waals surface area contributed by atoms with E-state index in [2.05, 4.69) is 12.2 Å². The molecule has 0 saturated carbocycles. The van der Waals surface area contributed by atoms with E-state index < -0.39 is 6.04 Å². The van der Waals surface area contributed by atoms with Gasteiger partial charge in [0.25, 0.3) is 0 Å². The summed E-state index contributed by atoms with van der Waals surface area (Å²) in [6.45, 7) is 2.65. The molecule has 0 heterocycles. The van der Waals surface area contributed by atoms with E-state index in [1.807, 2.05) is 60.7 Å². The first-order chi connectivity index (χ1) is 17.1. The van der Waals surface area contributed by atoms with Crippen LogP contribution in [0.15, 0.2) is 89.8 Å². The standard InChI is InChI=1S/C29H33FN2O2S/c1-2-3-19-31-29(34)27(21-23-12-6-4-7-13-23)32(22-24-14-10-11-17-26(24)30)28(33)18-20-35-25-15-8-5-9-16-25/h4-17,27H,2-3,18-22H2,1H3,(H,31,34)/t27-/m0/s1. The van der Waals surface area contributed by atoms with Crippen LogP contribution >= 0.6 is 11.8 Å². The maximum Gasteiger partial charge on any atom is 0.243 e. The molecule has 4 nitrogen and oxygen atoms in total. The average molecular weight is 493 g/mol. The molecule has 35 heavy (non-hydrogen) atoms. The second kappa shape index (κ2) is 14.3. The zero-order chi connectivity index (χ0) is 24.9. The Kier molecular flexibility index (Phi) is 10.8. The molecule has 1 N–H and O–H groups in total. The second-order valence-corrected chi connectivity index (χ2v) is 9.54. The van der Waals surface area contributed by atoms with E-state index in [9.17, 15) is 14.0 Å². The number of nitrogens with one attached hydrogen (secondary N) is 1. The predicted molar refractivity (Wildman–Crippen MR) is 141 cm³/mol. The highest BCUT2D eigenvalue weighted by Gasteiger charge is 2.30. The van der Waals surface area contributed by atoms with Gasteiger partial charge >= 0.3 is 0 Å². The minimum absolute atomic E-state index is 0.0419. The maximum absolute atomic E-state index is 14.6. The van der Waals surface area contributed by atoms with Crippen molar-refractivity contribution in [3.63, 3.8) is 0 Å². The van der Waals surface area contributed by atoms with E-state index in [0.717, 1.165) is 23.3 Å². The number of benzene rings is 3. The Balaban J connectivity index is 1.84. The minimum Gasteiger partial charge on any atom is -0.354 e. The summed E-state index contributed by atoms with van der Waals surface area (Å²) in [6, 6.07) is 25.2. The zero-order valence-corrected chi connectivity index (χ0v) is 21.0. The molecule has 0 saturated heterocycles. The zero-order valence-electron chi connectivity index (χ0n) is 20.2. The number of carbonyl (C=O) groups excluding carboxylic acids is 2. The Hall–Kier alpha value is -3.12. The van der Waals surface area contributed by atoms with Crippen molar-refractivity contribution in [3.05, 3.63) is 102 Å². The number of unbranched alkanes of at least 4 members (excludes halogenated alkanes) is 1. The van der Waals surface area contributed by atoms with Crippen LogP contribution in [-0.4, -0.2) is 35.1 Å². The van der Waals surface area contributed by atoms with Crippen molar-refractivity contribution in [2.24, 2.45) is 0 Å². The highest BCUT2D eigenvalue weighted by molar-refractivity contribution is 7.99. The van der Waals surface area contributed by atoms with Crippen molar-refractivity contribution in [1.82, 2.24) is 10.2 Å². The number of nitrogens with zero attached hydrogens (tertiary/aromatic N) is 1. The number of hydrogen-bond acceptors (Lipinski definition) is 3. The van der Waals surface area contributed by atoms with Crippen LogP contribution in [0, 0.1) is 5.82 Å². The number of carbonyl (C=O) groups is 2. The van der Waals surface area contributed by atoms with Gasteiger partial charge in [-0.2, -0.15) is 0 Å². The van der Waals surface area contributed by atoms with Gasteiger partial charge < -0.3 is 10.2 Å². The topological polar surface area (TPSA) is 49.4 Å². The van der Waals surface area contributed by atoms with Crippen molar-refractivity contribution in [1.29, 1.82) is 0 Å². The van der Waals surface area contributed by atoms with E-state index in [4.69, 9.17) is 0 Å². The highest BCUT2D eigenvalue weighted by atomic mass is 32.2. The van der Waals surface area contributed by atoms with Gasteiger partial charge in [-0.1, -0.05) is 80.1 Å². The molecule has 3 rings (SSSR count). The third-order valence-corrected chi connectivity index (χ3v) is 6.74. The Labute approximate surface area is 211 Å². The Bertz CT molecular complexity index is 1060. The number of rotatable bonds is 13. The van der Waals surface area contributed by atoms with Gasteiger partial charge in [0.05, 0.1) is 0 Å². The van der Waals surface area contributed by atoms with E-state index in [1.165, 1.54) is 6.07 Å². The van der Waals surface area contributed by atoms with Crippen LogP contribution in [0.2, 0.25) is 0 Å². The van der Waals surface area contributed by atoms with E-state index in [-0.39, 0.29) is 30.6 Å². The molecular formula is C29H33FN2O2S. The van der Waals surface area contributed by atoms with Crippen molar-refractivity contribution >= 4 is 23.6 Å². The molecular weight excluding hydrogens is 459 g/mol. The summed E-state index contributed by atoms with van der Waals surface area (Å²) in [5.41, 5.74) is 1.35. The molecule has 2 amide bonds. The average Bonchev–Trinajstić information content (AvgIpc) is 2.88. The Morgan fingerprint density at radius 1 is 0.943 bits per heavy atom. The monoisotopic (exact) mass is 492 g/mol. The predicted octanol–water partition coefficient (Wildman–Crippen LogP) is 5.86. The van der Waals surface area contributed by atoms with E-state index in [1.54, 1.807) is 34.9 Å². The fourth-order valence-corrected chi connectivity index (χ4v) is 4.65. The summed E-state index contributed by atoms with van der Waals surface area (Å²) in [6.07, 6.45) is 2.43. The van der Waals surface area contributed by atoms with Crippen LogP contribution in [0.5, 0.6) is 0 Å². The molecule has 0 aliphatic carbocycles. The normalized spacial score (nSPS) is 11.6. The molecule has 3 aromatic rings. The van der Waals surface area contributed by atoms with Crippen LogP contribution in [0.25, 0.3) is 0 Å². The number of halogens is 1. The highest BCUT2D eigenvalue weighted by Crippen LogP contribution is 2.21. The first-order valence-corrected chi connectivity index (χ1v) is 13.1. The summed E-state index contributed by atoms with van der Waals surface area (Å²) in [5, 5.41) is 2.99. The van der Waals surface area contributed by atoms with Crippen LogP contribution < -0.4 is 5.32 Å². The van der Waals surface area contributed by atoms with Crippen molar-refractivity contribution < 1.29 is 14.0 Å². The molecule has 0 spiro atoms. The van der Waals surface area contributed by atoms with Gasteiger partial charge in [-0.15, -0.1) is 11.8 Å². The second-order valence-electron chi connectivity index (χ2n) is 8.37. The van der Waals surface area contributed by atoms with Crippen LogP contribution in [0.4, 0.5) is 4.39 Å². The molecule has 0 fully saturated rings. The van der Waals surface area contributed by atoms with Crippen LogP contribution in [-0.2, 0) is 22.6 Å².